The smallest absolute Gasteiger partial charge is 0.309 e. The summed E-state index contributed by atoms with van der Waals surface area (Å²) in [7, 11) is 0.104. The van der Waals surface area contributed by atoms with Crippen molar-refractivity contribution >= 4 is 12.9 Å². The molecule has 0 aliphatic heterocycles. The second kappa shape index (κ2) is 10.5. The summed E-state index contributed by atoms with van der Waals surface area (Å²) in [4.78, 5) is 12.3. The summed E-state index contributed by atoms with van der Waals surface area (Å²) in [5, 5.41) is 112. The highest BCUT2D eigenvalue weighted by Gasteiger charge is 2.36. The number of hydrogen-bond acceptors (Lipinski definition) is 15. The number of rotatable bonds is 7. The third-order valence-electron chi connectivity index (χ3n) is 7.11. The zero-order chi connectivity index (χ0) is 32.2. The minimum absolute atomic E-state index is 0.104. The Morgan fingerprint density at radius 3 is 1.19 bits per heavy atom. The summed E-state index contributed by atoms with van der Waals surface area (Å²) >= 11 is 0. The lowest BCUT2D eigenvalue weighted by Crippen LogP contribution is -2.49. The maximum Gasteiger partial charge on any atom is 0.309 e. The van der Waals surface area contributed by atoms with Gasteiger partial charge < -0.3 is 60.8 Å². The maximum atomic E-state index is 10.5. The SMILES string of the molecule is CC(C)(O)C(C)(C)OBc1ccc(-c2nc(-c3c(O)c(O)c(O)c(O)c3O)nc(-c3c(O)c(O)c(O)c(O)c3O)n2)cc1. The predicted molar refractivity (Wildman–Crippen MR) is 151 cm³/mol. The fourth-order valence-corrected chi connectivity index (χ4v) is 3.71. The molecule has 0 fully saturated rings. The Hall–Kier alpha value is -5.35. The zero-order valence-corrected chi connectivity index (χ0v) is 23.2. The van der Waals surface area contributed by atoms with Crippen molar-refractivity contribution in [1.82, 2.24) is 15.0 Å². The van der Waals surface area contributed by atoms with Crippen LogP contribution in [0.4, 0.5) is 0 Å². The van der Waals surface area contributed by atoms with Crippen LogP contribution >= 0.6 is 0 Å². The summed E-state index contributed by atoms with van der Waals surface area (Å²) in [5.41, 5.74) is -2.74. The van der Waals surface area contributed by atoms with Gasteiger partial charge in [-0.3, -0.25) is 0 Å². The molecule has 226 valence electrons. The van der Waals surface area contributed by atoms with E-state index in [1.54, 1.807) is 39.8 Å². The van der Waals surface area contributed by atoms with E-state index < -0.39 is 91.5 Å². The number of benzene rings is 3. The van der Waals surface area contributed by atoms with Crippen LogP contribution in [0.1, 0.15) is 27.7 Å². The number of phenolic OH excluding ortho intramolecular Hbond substituents is 10. The van der Waals surface area contributed by atoms with Gasteiger partial charge >= 0.3 is 7.48 Å². The molecule has 0 saturated carbocycles. The highest BCUT2D eigenvalue weighted by Crippen LogP contribution is 2.56. The third kappa shape index (κ3) is 5.24. The van der Waals surface area contributed by atoms with Gasteiger partial charge in [0.2, 0.25) is 34.5 Å². The van der Waals surface area contributed by atoms with Crippen LogP contribution in [0.5, 0.6) is 57.5 Å². The Kier molecular flexibility index (Phi) is 7.47. The first-order valence-electron chi connectivity index (χ1n) is 12.5. The third-order valence-corrected chi connectivity index (χ3v) is 7.11. The van der Waals surface area contributed by atoms with Gasteiger partial charge in [-0.05, 0) is 27.7 Å². The van der Waals surface area contributed by atoms with Gasteiger partial charge in [0.05, 0.1) is 11.2 Å². The quantitative estimate of drug-likeness (QED) is 0.0818. The first kappa shape index (κ1) is 30.6. The van der Waals surface area contributed by atoms with Crippen LogP contribution in [-0.4, -0.2) is 89.8 Å². The molecule has 3 aromatic carbocycles. The molecular weight excluding hydrogens is 569 g/mol. The summed E-state index contributed by atoms with van der Waals surface area (Å²) in [6, 6.07) is 6.30. The molecule has 4 aromatic rings. The van der Waals surface area contributed by atoms with Crippen LogP contribution in [-0.2, 0) is 4.65 Å². The van der Waals surface area contributed by atoms with Crippen molar-refractivity contribution in [2.24, 2.45) is 0 Å². The Labute approximate surface area is 243 Å². The van der Waals surface area contributed by atoms with Gasteiger partial charge in [-0.2, -0.15) is 0 Å². The standard InChI is InChI=1S/C27H28BN3O12/c1-26(2,42)27(3,4)43-28-10-7-5-9(6-8-10)23-29-24(11-13(32)17(36)21(40)18(37)14(11)33)31-25(30-23)12-15(34)19(38)22(41)20(39)16(12)35/h5-8,28,32-42H,1-4H3. The van der Waals surface area contributed by atoms with Gasteiger partial charge in [-0.15, -0.1) is 0 Å². The molecule has 0 radical (unpaired) electrons. The molecule has 4 rings (SSSR count). The minimum atomic E-state index is -1.25. The topological polar surface area (TPSA) is 270 Å². The van der Waals surface area contributed by atoms with Crippen molar-refractivity contribution in [2.45, 2.75) is 38.9 Å². The lowest BCUT2D eigenvalue weighted by molar-refractivity contribution is -0.0893. The summed E-state index contributed by atoms with van der Waals surface area (Å²) < 4.78 is 5.86. The molecule has 0 saturated heterocycles. The fourth-order valence-electron chi connectivity index (χ4n) is 3.71. The summed E-state index contributed by atoms with van der Waals surface area (Å²) in [5.74, 6) is -13.7. The normalized spacial score (nSPS) is 11.9. The lowest BCUT2D eigenvalue weighted by Gasteiger charge is -2.37. The van der Waals surface area contributed by atoms with Crippen LogP contribution in [0.2, 0.25) is 0 Å². The Morgan fingerprint density at radius 2 is 0.837 bits per heavy atom. The van der Waals surface area contributed by atoms with Gasteiger partial charge in [-0.25, -0.2) is 15.0 Å². The van der Waals surface area contributed by atoms with Crippen molar-refractivity contribution in [2.75, 3.05) is 0 Å². The molecule has 43 heavy (non-hydrogen) atoms. The summed E-state index contributed by atoms with van der Waals surface area (Å²) in [6.07, 6.45) is 0. The van der Waals surface area contributed by atoms with E-state index in [2.05, 4.69) is 15.0 Å². The van der Waals surface area contributed by atoms with Gasteiger partial charge in [0.1, 0.15) is 11.1 Å². The molecule has 0 bridgehead atoms. The molecule has 16 heteroatoms. The second-order valence-corrected chi connectivity index (χ2v) is 10.6. The fraction of sp³-hybridized carbons (Fsp3) is 0.222. The number of nitrogens with zero attached hydrogens (tertiary/aromatic N) is 3. The van der Waals surface area contributed by atoms with Gasteiger partial charge in [-0.1, -0.05) is 29.7 Å². The van der Waals surface area contributed by atoms with Crippen LogP contribution in [0.25, 0.3) is 34.2 Å². The van der Waals surface area contributed by atoms with Crippen LogP contribution in [0.3, 0.4) is 0 Å². The lowest BCUT2D eigenvalue weighted by atomic mass is 9.82. The summed E-state index contributed by atoms with van der Waals surface area (Å²) in [6.45, 7) is 6.67. The predicted octanol–water partition coefficient (Wildman–Crippen LogP) is 1.47. The monoisotopic (exact) mass is 597 g/mol. The first-order chi connectivity index (χ1) is 19.9. The number of aliphatic hydroxyl groups is 1. The number of aromatic nitrogens is 3. The van der Waals surface area contributed by atoms with E-state index in [1.165, 1.54) is 12.1 Å². The highest BCUT2D eigenvalue weighted by atomic mass is 16.5. The van der Waals surface area contributed by atoms with Gasteiger partial charge in [0, 0.05) is 5.56 Å². The van der Waals surface area contributed by atoms with Crippen molar-refractivity contribution < 1.29 is 60.8 Å². The van der Waals surface area contributed by atoms with Crippen LogP contribution in [0.15, 0.2) is 24.3 Å². The van der Waals surface area contributed by atoms with E-state index in [0.717, 1.165) is 0 Å². The molecule has 15 nitrogen and oxygen atoms in total. The van der Waals surface area contributed by atoms with Gasteiger partial charge in [0.25, 0.3) is 0 Å². The van der Waals surface area contributed by atoms with Crippen LogP contribution < -0.4 is 5.46 Å². The minimum Gasteiger partial charge on any atom is -0.504 e. The molecule has 0 atom stereocenters. The van der Waals surface area contributed by atoms with E-state index in [9.17, 15) is 56.2 Å². The van der Waals surface area contributed by atoms with Crippen molar-refractivity contribution in [3.05, 3.63) is 24.3 Å². The van der Waals surface area contributed by atoms with E-state index in [-0.39, 0.29) is 18.9 Å². The average molecular weight is 597 g/mol. The van der Waals surface area contributed by atoms with Gasteiger partial charge in [0.15, 0.2) is 40.5 Å². The highest BCUT2D eigenvalue weighted by molar-refractivity contribution is 6.47. The Morgan fingerprint density at radius 1 is 0.512 bits per heavy atom. The molecule has 1 aromatic heterocycles. The molecule has 0 aliphatic carbocycles. The number of phenols is 10. The largest absolute Gasteiger partial charge is 0.504 e. The zero-order valence-electron chi connectivity index (χ0n) is 23.2. The van der Waals surface area contributed by atoms with E-state index in [4.69, 9.17) is 4.65 Å². The molecule has 0 unspecified atom stereocenters. The number of aromatic hydroxyl groups is 10. The van der Waals surface area contributed by atoms with Crippen molar-refractivity contribution in [1.29, 1.82) is 0 Å². The first-order valence-corrected chi connectivity index (χ1v) is 12.5. The second-order valence-electron chi connectivity index (χ2n) is 10.6. The molecule has 0 amide bonds. The van der Waals surface area contributed by atoms with E-state index in [0.29, 0.717) is 5.46 Å². The molecule has 1 heterocycles. The Balaban J connectivity index is 1.92. The van der Waals surface area contributed by atoms with E-state index >= 15 is 0 Å². The number of hydrogen-bond donors (Lipinski definition) is 11. The molecular formula is C27H28BN3O12. The van der Waals surface area contributed by atoms with Crippen molar-refractivity contribution in [3.8, 4) is 91.7 Å². The van der Waals surface area contributed by atoms with Crippen molar-refractivity contribution in [3.63, 3.8) is 0 Å². The van der Waals surface area contributed by atoms with Crippen LogP contribution in [0, 0.1) is 0 Å². The molecule has 0 aliphatic rings. The molecule has 11 N–H and O–H groups in total. The Bertz CT molecular complexity index is 1590. The average Bonchev–Trinajstić information content (AvgIpc) is 2.96. The molecule has 0 spiro atoms. The maximum absolute atomic E-state index is 10.5. The van der Waals surface area contributed by atoms with E-state index in [1.807, 2.05) is 0 Å².